The van der Waals surface area contributed by atoms with Gasteiger partial charge in [0.2, 0.25) is 0 Å². The van der Waals surface area contributed by atoms with Crippen molar-refractivity contribution in [3.8, 4) is 0 Å². The molecule has 1 aromatic carbocycles. The van der Waals surface area contributed by atoms with Gasteiger partial charge in [-0.1, -0.05) is 17.7 Å². The molecule has 0 bridgehead atoms. The fourth-order valence-electron chi connectivity index (χ4n) is 3.78. The number of esters is 3. The van der Waals surface area contributed by atoms with Crippen LogP contribution in [0.4, 0.5) is 0 Å². The second-order valence-electron chi connectivity index (χ2n) is 8.50. The summed E-state index contributed by atoms with van der Waals surface area (Å²) in [5, 5.41) is 0. The lowest BCUT2D eigenvalue weighted by Gasteiger charge is -2.32. The van der Waals surface area contributed by atoms with E-state index < -0.39 is 76.5 Å². The zero-order valence-electron chi connectivity index (χ0n) is 20.9. The number of aryl methyl sites for hydroxylation is 1. The Hall–Kier alpha value is -3.82. The van der Waals surface area contributed by atoms with Crippen molar-refractivity contribution < 1.29 is 45.9 Å². The van der Waals surface area contributed by atoms with E-state index in [1.165, 1.54) is 12.1 Å². The summed E-state index contributed by atoms with van der Waals surface area (Å²) in [5.74, 6) is -2.56. The zero-order chi connectivity index (χ0) is 28.3. The molecule has 1 N–H and O–H groups in total. The molecule has 2 aromatic rings. The molecule has 0 aliphatic carbocycles. The van der Waals surface area contributed by atoms with Crippen molar-refractivity contribution in [3.63, 3.8) is 0 Å². The lowest BCUT2D eigenvalue weighted by molar-refractivity contribution is -0.183. The van der Waals surface area contributed by atoms with Crippen LogP contribution in [0, 0.1) is 6.92 Å². The van der Waals surface area contributed by atoms with Crippen LogP contribution in [0.1, 0.15) is 32.6 Å². The van der Waals surface area contributed by atoms with Crippen LogP contribution in [-0.2, 0) is 47.6 Å². The SMILES string of the molecule is CC(=O)OC[C@@]1(COS(=O)(=O)c2ccc(C)cc2)O[C@@H](n2ccc(=O)[nH]c2=O)[C@H](OC(C)=O)[C@H]1OC(C)=O. The Morgan fingerprint density at radius 3 is 2.16 bits per heavy atom. The number of nitrogens with one attached hydrogen (secondary N) is 1. The van der Waals surface area contributed by atoms with Gasteiger partial charge in [0.1, 0.15) is 13.2 Å². The normalized spacial score (nSPS) is 23.0. The number of aromatic amines is 1. The first-order valence-corrected chi connectivity index (χ1v) is 12.6. The molecule has 1 fully saturated rings. The molecule has 0 radical (unpaired) electrons. The van der Waals surface area contributed by atoms with Gasteiger partial charge in [0.15, 0.2) is 24.0 Å². The lowest BCUT2D eigenvalue weighted by Crippen LogP contribution is -2.53. The Kier molecular flexibility index (Phi) is 8.54. The van der Waals surface area contributed by atoms with E-state index in [0.717, 1.165) is 43.2 Å². The van der Waals surface area contributed by atoms with Crippen molar-refractivity contribution in [2.24, 2.45) is 0 Å². The van der Waals surface area contributed by atoms with Crippen molar-refractivity contribution >= 4 is 28.0 Å². The third-order valence-corrected chi connectivity index (χ3v) is 6.74. The summed E-state index contributed by atoms with van der Waals surface area (Å²) in [7, 11) is -4.41. The van der Waals surface area contributed by atoms with Crippen molar-refractivity contribution in [3.05, 3.63) is 62.9 Å². The molecule has 206 valence electrons. The summed E-state index contributed by atoms with van der Waals surface area (Å²) in [5.41, 5.74) is -3.00. The summed E-state index contributed by atoms with van der Waals surface area (Å²) in [6.07, 6.45) is -3.70. The van der Waals surface area contributed by atoms with Gasteiger partial charge < -0.3 is 18.9 Å². The first kappa shape index (κ1) is 28.7. The minimum Gasteiger partial charge on any atom is -0.463 e. The highest BCUT2D eigenvalue weighted by Gasteiger charge is 2.61. The predicted octanol–water partition coefficient (Wildman–Crippen LogP) is -0.0554. The van der Waals surface area contributed by atoms with Crippen molar-refractivity contribution in [2.75, 3.05) is 13.2 Å². The van der Waals surface area contributed by atoms with Gasteiger partial charge >= 0.3 is 23.6 Å². The van der Waals surface area contributed by atoms with Gasteiger partial charge in [0.25, 0.3) is 15.7 Å². The zero-order valence-corrected chi connectivity index (χ0v) is 21.7. The third-order valence-electron chi connectivity index (χ3n) is 5.46. The molecule has 0 saturated carbocycles. The number of benzene rings is 1. The number of rotatable bonds is 9. The molecule has 0 unspecified atom stereocenters. The number of hydrogen-bond acceptors (Lipinski definition) is 12. The number of hydrogen-bond donors (Lipinski definition) is 1. The average molecular weight is 555 g/mol. The molecule has 4 atom stereocenters. The monoisotopic (exact) mass is 554 g/mol. The van der Waals surface area contributed by atoms with Gasteiger partial charge in [-0.15, -0.1) is 0 Å². The van der Waals surface area contributed by atoms with E-state index in [2.05, 4.69) is 0 Å². The molecule has 38 heavy (non-hydrogen) atoms. The van der Waals surface area contributed by atoms with E-state index >= 15 is 0 Å². The molecule has 1 aliphatic rings. The molecule has 0 spiro atoms. The van der Waals surface area contributed by atoms with Gasteiger partial charge in [-0.05, 0) is 19.1 Å². The van der Waals surface area contributed by atoms with Crippen molar-refractivity contribution in [1.82, 2.24) is 9.55 Å². The molecular formula is C23H26N2O12S. The highest BCUT2D eigenvalue weighted by Crippen LogP contribution is 2.41. The number of carbonyl (C=O) groups is 3. The first-order chi connectivity index (χ1) is 17.7. The molecule has 1 saturated heterocycles. The largest absolute Gasteiger partial charge is 0.463 e. The van der Waals surface area contributed by atoms with E-state index in [9.17, 15) is 32.4 Å². The van der Waals surface area contributed by atoms with E-state index in [1.54, 1.807) is 19.1 Å². The van der Waals surface area contributed by atoms with Crippen LogP contribution in [0.3, 0.4) is 0 Å². The van der Waals surface area contributed by atoms with Crippen LogP contribution < -0.4 is 11.2 Å². The number of carbonyl (C=O) groups excluding carboxylic acids is 3. The Labute approximate surface area is 216 Å². The Bertz CT molecular complexity index is 1430. The first-order valence-electron chi connectivity index (χ1n) is 11.2. The number of nitrogens with zero attached hydrogens (tertiary/aromatic N) is 1. The number of H-pyrrole nitrogens is 1. The van der Waals surface area contributed by atoms with Gasteiger partial charge in [0.05, 0.1) is 4.90 Å². The molecule has 0 amide bonds. The van der Waals surface area contributed by atoms with Gasteiger partial charge in [0, 0.05) is 33.0 Å². The van der Waals surface area contributed by atoms with Crippen LogP contribution in [0.25, 0.3) is 0 Å². The fraction of sp³-hybridized carbons (Fsp3) is 0.435. The Morgan fingerprint density at radius 1 is 0.974 bits per heavy atom. The van der Waals surface area contributed by atoms with Crippen LogP contribution in [0.2, 0.25) is 0 Å². The fourth-order valence-corrected chi connectivity index (χ4v) is 4.74. The van der Waals surface area contributed by atoms with E-state index in [-0.39, 0.29) is 4.90 Å². The Balaban J connectivity index is 2.12. The smallest absolute Gasteiger partial charge is 0.330 e. The molecular weight excluding hydrogens is 528 g/mol. The molecule has 14 nitrogen and oxygen atoms in total. The lowest BCUT2D eigenvalue weighted by atomic mass is 9.96. The quantitative estimate of drug-likeness (QED) is 0.248. The van der Waals surface area contributed by atoms with Gasteiger partial charge in [-0.2, -0.15) is 8.42 Å². The second-order valence-corrected chi connectivity index (χ2v) is 10.1. The van der Waals surface area contributed by atoms with Crippen LogP contribution in [0.15, 0.2) is 51.0 Å². The third kappa shape index (κ3) is 6.54. The van der Waals surface area contributed by atoms with Gasteiger partial charge in [-0.25, -0.2) is 4.79 Å². The number of ether oxygens (including phenoxy) is 4. The maximum absolute atomic E-state index is 12.9. The topological polar surface area (TPSA) is 186 Å². The molecule has 3 rings (SSSR count). The molecule has 2 heterocycles. The molecule has 1 aliphatic heterocycles. The molecule has 1 aromatic heterocycles. The summed E-state index contributed by atoms with van der Waals surface area (Å²) in [4.78, 5) is 61.7. The maximum Gasteiger partial charge on any atom is 0.330 e. The van der Waals surface area contributed by atoms with E-state index in [1.807, 2.05) is 4.98 Å². The summed E-state index contributed by atoms with van der Waals surface area (Å²) < 4.78 is 53.8. The minimum atomic E-state index is -4.41. The van der Waals surface area contributed by atoms with Crippen LogP contribution in [0.5, 0.6) is 0 Å². The highest BCUT2D eigenvalue weighted by atomic mass is 32.2. The predicted molar refractivity (Wildman–Crippen MR) is 126 cm³/mol. The summed E-state index contributed by atoms with van der Waals surface area (Å²) in [6.45, 7) is 3.29. The van der Waals surface area contributed by atoms with E-state index in [4.69, 9.17) is 23.1 Å². The van der Waals surface area contributed by atoms with Gasteiger partial charge in [-0.3, -0.25) is 32.9 Å². The number of aromatic nitrogens is 2. The maximum atomic E-state index is 12.9. The van der Waals surface area contributed by atoms with Crippen LogP contribution in [-0.4, -0.2) is 66.9 Å². The standard InChI is InChI=1S/C23H26N2O12S/c1-13-5-7-17(8-6-13)38(31,32)34-12-23(11-33-14(2)26)20(36-16(4)28)19(35-15(3)27)21(37-23)25-10-9-18(29)24-22(25)30/h5-10,19-21H,11-12H2,1-4H3,(H,24,29,30)/t19-,20-,21-,23+/m1/s1. The summed E-state index contributed by atoms with van der Waals surface area (Å²) >= 11 is 0. The van der Waals surface area contributed by atoms with Crippen molar-refractivity contribution in [2.45, 2.75) is 56.6 Å². The minimum absolute atomic E-state index is 0.197. The average Bonchev–Trinajstić information content (AvgIpc) is 3.09. The Morgan fingerprint density at radius 2 is 1.61 bits per heavy atom. The van der Waals surface area contributed by atoms with Crippen LogP contribution >= 0.6 is 0 Å². The van der Waals surface area contributed by atoms with E-state index in [0.29, 0.717) is 0 Å². The van der Waals surface area contributed by atoms with Crippen molar-refractivity contribution in [1.29, 1.82) is 0 Å². The molecule has 15 heteroatoms. The summed E-state index contributed by atoms with van der Waals surface area (Å²) in [6, 6.07) is 6.71. The highest BCUT2D eigenvalue weighted by molar-refractivity contribution is 7.86. The second kappa shape index (κ2) is 11.3.